The number of hydrogen-bond acceptors (Lipinski definition) is 2. The Morgan fingerprint density at radius 3 is 2.59 bits per heavy atom. The zero-order chi connectivity index (χ0) is 15.8. The zero-order valence-electron chi connectivity index (χ0n) is 13.3. The lowest BCUT2D eigenvalue weighted by Crippen LogP contribution is -2.38. The van der Waals surface area contributed by atoms with E-state index in [0.717, 1.165) is 24.4 Å². The van der Waals surface area contributed by atoms with Crippen molar-refractivity contribution in [1.29, 1.82) is 0 Å². The molecule has 122 valence electrons. The highest BCUT2D eigenvalue weighted by Crippen LogP contribution is 2.15. The van der Waals surface area contributed by atoms with Crippen LogP contribution in [0.3, 0.4) is 0 Å². The average Bonchev–Trinajstić information content (AvgIpc) is 2.53. The molecule has 0 bridgehead atoms. The van der Waals surface area contributed by atoms with Crippen molar-refractivity contribution in [3.8, 4) is 0 Å². The van der Waals surface area contributed by atoms with Gasteiger partial charge in [0.15, 0.2) is 0 Å². The molecule has 0 aromatic heterocycles. The highest BCUT2D eigenvalue weighted by atomic mass is 19.1. The van der Waals surface area contributed by atoms with Crippen LogP contribution in [0.2, 0.25) is 0 Å². The Morgan fingerprint density at radius 2 is 1.91 bits per heavy atom. The van der Waals surface area contributed by atoms with Gasteiger partial charge in [0.25, 0.3) is 0 Å². The van der Waals surface area contributed by atoms with Crippen LogP contribution in [0.15, 0.2) is 24.3 Å². The maximum Gasteiger partial charge on any atom is 0.315 e. The highest BCUT2D eigenvalue weighted by Gasteiger charge is 2.14. The minimum atomic E-state index is -0.264. The molecule has 0 aliphatic carbocycles. The SMILES string of the molecule is CC1CCN(CCCNC(=O)NCc2ccc(F)cc2)CC1. The summed E-state index contributed by atoms with van der Waals surface area (Å²) in [6, 6.07) is 5.97. The van der Waals surface area contributed by atoms with Gasteiger partial charge in [0.2, 0.25) is 0 Å². The van der Waals surface area contributed by atoms with E-state index in [-0.39, 0.29) is 11.8 Å². The molecule has 0 radical (unpaired) electrons. The number of benzene rings is 1. The fraction of sp³-hybridized carbons (Fsp3) is 0.588. The van der Waals surface area contributed by atoms with Gasteiger partial charge in [0, 0.05) is 13.1 Å². The summed E-state index contributed by atoms with van der Waals surface area (Å²) in [5.41, 5.74) is 0.888. The predicted molar refractivity (Wildman–Crippen MR) is 86.1 cm³/mol. The maximum atomic E-state index is 12.8. The molecular weight excluding hydrogens is 281 g/mol. The number of piperidine rings is 1. The third-order valence-electron chi connectivity index (χ3n) is 4.18. The first-order chi connectivity index (χ1) is 10.6. The van der Waals surface area contributed by atoms with E-state index >= 15 is 0 Å². The second-order valence-corrected chi connectivity index (χ2v) is 6.11. The number of nitrogens with zero attached hydrogens (tertiary/aromatic N) is 1. The van der Waals surface area contributed by atoms with Gasteiger partial charge < -0.3 is 15.5 Å². The summed E-state index contributed by atoms with van der Waals surface area (Å²) in [6.07, 6.45) is 3.54. The number of urea groups is 1. The van der Waals surface area contributed by atoms with Gasteiger partial charge in [0.1, 0.15) is 5.82 Å². The summed E-state index contributed by atoms with van der Waals surface area (Å²) in [5, 5.41) is 5.64. The van der Waals surface area contributed by atoms with E-state index in [4.69, 9.17) is 0 Å². The summed E-state index contributed by atoms with van der Waals surface area (Å²) in [6.45, 7) is 6.81. The Labute approximate surface area is 132 Å². The second kappa shape index (κ2) is 8.73. The molecule has 0 saturated carbocycles. The molecule has 2 amide bonds. The number of nitrogens with one attached hydrogen (secondary N) is 2. The van der Waals surface area contributed by atoms with Gasteiger partial charge in [-0.15, -0.1) is 0 Å². The Balaban J connectivity index is 1.53. The van der Waals surface area contributed by atoms with Gasteiger partial charge in [-0.25, -0.2) is 9.18 Å². The van der Waals surface area contributed by atoms with Crippen LogP contribution in [0.1, 0.15) is 31.7 Å². The number of halogens is 1. The zero-order valence-corrected chi connectivity index (χ0v) is 13.3. The molecule has 0 spiro atoms. The van der Waals surface area contributed by atoms with E-state index in [0.29, 0.717) is 13.1 Å². The van der Waals surface area contributed by atoms with Gasteiger partial charge in [-0.2, -0.15) is 0 Å². The van der Waals surface area contributed by atoms with E-state index in [9.17, 15) is 9.18 Å². The second-order valence-electron chi connectivity index (χ2n) is 6.11. The van der Waals surface area contributed by atoms with Gasteiger partial charge >= 0.3 is 6.03 Å². The molecule has 5 heteroatoms. The first kappa shape index (κ1) is 16.7. The first-order valence-electron chi connectivity index (χ1n) is 8.12. The lowest BCUT2D eigenvalue weighted by molar-refractivity contribution is 0.190. The smallest absolute Gasteiger partial charge is 0.315 e. The van der Waals surface area contributed by atoms with E-state index in [2.05, 4.69) is 22.5 Å². The van der Waals surface area contributed by atoms with Crippen molar-refractivity contribution in [2.45, 2.75) is 32.7 Å². The summed E-state index contributed by atoms with van der Waals surface area (Å²) >= 11 is 0. The highest BCUT2D eigenvalue weighted by molar-refractivity contribution is 5.73. The fourth-order valence-corrected chi connectivity index (χ4v) is 2.64. The average molecular weight is 307 g/mol. The molecule has 2 N–H and O–H groups in total. The maximum absolute atomic E-state index is 12.8. The van der Waals surface area contributed by atoms with E-state index in [1.807, 2.05) is 0 Å². The van der Waals surface area contributed by atoms with E-state index in [1.54, 1.807) is 12.1 Å². The number of amides is 2. The van der Waals surface area contributed by atoms with Crippen LogP contribution < -0.4 is 10.6 Å². The van der Waals surface area contributed by atoms with Crippen molar-refractivity contribution in [2.24, 2.45) is 5.92 Å². The quantitative estimate of drug-likeness (QED) is 0.794. The Bertz CT molecular complexity index is 455. The molecule has 1 aliphatic heterocycles. The molecule has 4 nitrogen and oxygen atoms in total. The predicted octanol–water partition coefficient (Wildman–Crippen LogP) is 2.75. The third kappa shape index (κ3) is 6.02. The fourth-order valence-electron chi connectivity index (χ4n) is 2.64. The largest absolute Gasteiger partial charge is 0.338 e. The lowest BCUT2D eigenvalue weighted by Gasteiger charge is -2.30. The molecular formula is C17H26FN3O. The van der Waals surface area contributed by atoms with Crippen molar-refractivity contribution < 1.29 is 9.18 Å². The molecule has 1 aliphatic rings. The van der Waals surface area contributed by atoms with Crippen LogP contribution in [0, 0.1) is 11.7 Å². The molecule has 0 atom stereocenters. The van der Waals surface area contributed by atoms with Crippen LogP contribution in [-0.2, 0) is 6.54 Å². The lowest BCUT2D eigenvalue weighted by atomic mass is 9.99. The third-order valence-corrected chi connectivity index (χ3v) is 4.18. The minimum Gasteiger partial charge on any atom is -0.338 e. The molecule has 22 heavy (non-hydrogen) atoms. The van der Waals surface area contributed by atoms with Gasteiger partial charge in [-0.3, -0.25) is 0 Å². The molecule has 1 saturated heterocycles. The molecule has 0 unspecified atom stereocenters. The van der Waals surface area contributed by atoms with Crippen molar-refractivity contribution in [3.05, 3.63) is 35.6 Å². The summed E-state index contributed by atoms with van der Waals surface area (Å²) < 4.78 is 12.8. The van der Waals surface area contributed by atoms with Gasteiger partial charge in [0.05, 0.1) is 0 Å². The Morgan fingerprint density at radius 1 is 1.23 bits per heavy atom. The number of carbonyl (C=O) groups is 1. The summed E-state index contributed by atoms with van der Waals surface area (Å²) in [7, 11) is 0. The standard InChI is InChI=1S/C17H26FN3O/c1-14-7-11-21(12-8-14)10-2-9-19-17(22)20-13-15-3-5-16(18)6-4-15/h3-6,14H,2,7-13H2,1H3,(H2,19,20,22). The van der Waals surface area contributed by atoms with Crippen molar-refractivity contribution in [3.63, 3.8) is 0 Å². The van der Waals surface area contributed by atoms with Crippen LogP contribution in [0.5, 0.6) is 0 Å². The molecule has 1 aromatic rings. The topological polar surface area (TPSA) is 44.4 Å². The number of hydrogen-bond donors (Lipinski definition) is 2. The van der Waals surface area contributed by atoms with Crippen molar-refractivity contribution in [1.82, 2.24) is 15.5 Å². The minimum absolute atomic E-state index is 0.170. The number of likely N-dealkylation sites (tertiary alicyclic amines) is 1. The van der Waals surface area contributed by atoms with Gasteiger partial charge in [-0.05, 0) is 62.5 Å². The van der Waals surface area contributed by atoms with Crippen molar-refractivity contribution >= 4 is 6.03 Å². The van der Waals surface area contributed by atoms with Crippen LogP contribution in [-0.4, -0.2) is 37.1 Å². The molecule has 1 aromatic carbocycles. The molecule has 1 fully saturated rings. The summed E-state index contributed by atoms with van der Waals surface area (Å²) in [4.78, 5) is 14.1. The molecule has 1 heterocycles. The normalized spacial score (nSPS) is 16.5. The van der Waals surface area contributed by atoms with E-state index < -0.39 is 0 Å². The molecule has 2 rings (SSSR count). The van der Waals surface area contributed by atoms with Crippen LogP contribution >= 0.6 is 0 Å². The number of carbonyl (C=O) groups excluding carboxylic acids is 1. The Hall–Kier alpha value is -1.62. The van der Waals surface area contributed by atoms with E-state index in [1.165, 1.54) is 38.1 Å². The summed E-state index contributed by atoms with van der Waals surface area (Å²) in [5.74, 6) is 0.590. The van der Waals surface area contributed by atoms with Crippen molar-refractivity contribution in [2.75, 3.05) is 26.2 Å². The number of rotatable bonds is 6. The Kier molecular flexibility index (Phi) is 6.65. The first-order valence-corrected chi connectivity index (χ1v) is 8.12. The van der Waals surface area contributed by atoms with Crippen LogP contribution in [0.4, 0.5) is 9.18 Å². The van der Waals surface area contributed by atoms with Gasteiger partial charge in [-0.1, -0.05) is 19.1 Å². The monoisotopic (exact) mass is 307 g/mol. The van der Waals surface area contributed by atoms with Crippen LogP contribution in [0.25, 0.3) is 0 Å².